The molecule has 5 heteroatoms. The third kappa shape index (κ3) is 2.53. The van der Waals surface area contributed by atoms with Gasteiger partial charge in [-0.25, -0.2) is 0 Å². The molecule has 1 unspecified atom stereocenters. The standard InChI is InChI=1S/C13H22N2O3/c16-12(11-2-1-7-14-11)15-10-3-5-13(6-4-10)17-8-9-18-13/h10-11,14H,1-9H2,(H,15,16). The monoisotopic (exact) mass is 254 g/mol. The van der Waals surface area contributed by atoms with E-state index in [4.69, 9.17) is 9.47 Å². The van der Waals surface area contributed by atoms with Crippen LogP contribution in [0.4, 0.5) is 0 Å². The summed E-state index contributed by atoms with van der Waals surface area (Å²) in [7, 11) is 0. The lowest BCUT2D eigenvalue weighted by Crippen LogP contribution is -2.48. The Bertz CT molecular complexity index is 299. The Morgan fingerprint density at radius 1 is 1.17 bits per heavy atom. The van der Waals surface area contributed by atoms with Crippen molar-refractivity contribution in [2.45, 2.75) is 56.4 Å². The molecule has 1 saturated carbocycles. The van der Waals surface area contributed by atoms with Gasteiger partial charge < -0.3 is 20.1 Å². The molecule has 5 nitrogen and oxygen atoms in total. The van der Waals surface area contributed by atoms with E-state index in [1.54, 1.807) is 0 Å². The average Bonchev–Trinajstić information content (AvgIpc) is 3.04. The van der Waals surface area contributed by atoms with Crippen LogP contribution in [0.1, 0.15) is 38.5 Å². The molecule has 1 atom stereocenters. The Morgan fingerprint density at radius 2 is 1.89 bits per heavy atom. The lowest BCUT2D eigenvalue weighted by molar-refractivity contribution is -0.180. The number of rotatable bonds is 2. The number of carbonyl (C=O) groups is 1. The van der Waals surface area contributed by atoms with Crippen molar-refractivity contribution in [3.05, 3.63) is 0 Å². The van der Waals surface area contributed by atoms with Crippen molar-refractivity contribution in [2.75, 3.05) is 19.8 Å². The van der Waals surface area contributed by atoms with Gasteiger partial charge in [0, 0.05) is 18.9 Å². The smallest absolute Gasteiger partial charge is 0.237 e. The molecule has 0 aromatic heterocycles. The van der Waals surface area contributed by atoms with Crippen molar-refractivity contribution >= 4 is 5.91 Å². The maximum Gasteiger partial charge on any atom is 0.237 e. The third-order valence-electron chi connectivity index (χ3n) is 4.28. The lowest BCUT2D eigenvalue weighted by Gasteiger charge is -2.35. The average molecular weight is 254 g/mol. The van der Waals surface area contributed by atoms with E-state index in [1.165, 1.54) is 0 Å². The second-order valence-corrected chi connectivity index (χ2v) is 5.54. The Hall–Kier alpha value is -0.650. The van der Waals surface area contributed by atoms with Gasteiger partial charge in [-0.1, -0.05) is 0 Å². The van der Waals surface area contributed by atoms with E-state index < -0.39 is 0 Å². The molecule has 18 heavy (non-hydrogen) atoms. The number of carbonyl (C=O) groups excluding carboxylic acids is 1. The molecule has 2 aliphatic heterocycles. The van der Waals surface area contributed by atoms with E-state index in [0.29, 0.717) is 19.3 Å². The summed E-state index contributed by atoms with van der Waals surface area (Å²) in [4.78, 5) is 12.0. The zero-order chi connectivity index (χ0) is 12.4. The minimum Gasteiger partial charge on any atom is -0.352 e. The number of amides is 1. The van der Waals surface area contributed by atoms with Crippen LogP contribution in [-0.4, -0.2) is 43.5 Å². The molecule has 2 heterocycles. The fraction of sp³-hybridized carbons (Fsp3) is 0.923. The highest BCUT2D eigenvalue weighted by atomic mass is 16.7. The van der Waals surface area contributed by atoms with Crippen molar-refractivity contribution in [1.29, 1.82) is 0 Å². The highest BCUT2D eigenvalue weighted by molar-refractivity contribution is 5.82. The first-order valence-corrected chi connectivity index (χ1v) is 7.09. The van der Waals surface area contributed by atoms with Gasteiger partial charge in [0.05, 0.1) is 19.3 Å². The van der Waals surface area contributed by atoms with Crippen molar-refractivity contribution in [3.63, 3.8) is 0 Å². The topological polar surface area (TPSA) is 59.6 Å². The molecule has 0 radical (unpaired) electrons. The zero-order valence-electron chi connectivity index (χ0n) is 10.7. The van der Waals surface area contributed by atoms with Crippen molar-refractivity contribution in [1.82, 2.24) is 10.6 Å². The number of hydrogen-bond donors (Lipinski definition) is 2. The molecule has 2 saturated heterocycles. The fourth-order valence-electron chi connectivity index (χ4n) is 3.20. The highest BCUT2D eigenvalue weighted by Gasteiger charge is 2.40. The second kappa shape index (κ2) is 5.15. The molecule has 2 N–H and O–H groups in total. The van der Waals surface area contributed by atoms with Crippen LogP contribution in [0.3, 0.4) is 0 Å². The summed E-state index contributed by atoms with van der Waals surface area (Å²) >= 11 is 0. The van der Waals surface area contributed by atoms with E-state index in [9.17, 15) is 4.79 Å². The van der Waals surface area contributed by atoms with E-state index in [2.05, 4.69) is 10.6 Å². The molecule has 0 aromatic rings. The summed E-state index contributed by atoms with van der Waals surface area (Å²) < 4.78 is 11.4. The summed E-state index contributed by atoms with van der Waals surface area (Å²) in [5, 5.41) is 6.39. The maximum absolute atomic E-state index is 12.0. The Morgan fingerprint density at radius 3 is 2.50 bits per heavy atom. The zero-order valence-corrected chi connectivity index (χ0v) is 10.7. The molecule has 3 rings (SSSR count). The normalized spacial score (nSPS) is 31.9. The van der Waals surface area contributed by atoms with Crippen LogP contribution in [0.5, 0.6) is 0 Å². The van der Waals surface area contributed by atoms with E-state index >= 15 is 0 Å². The second-order valence-electron chi connectivity index (χ2n) is 5.54. The summed E-state index contributed by atoms with van der Waals surface area (Å²) in [5.41, 5.74) is 0. The summed E-state index contributed by atoms with van der Waals surface area (Å²) in [6.07, 6.45) is 5.78. The summed E-state index contributed by atoms with van der Waals surface area (Å²) in [6.45, 7) is 2.39. The molecular formula is C13H22N2O3. The summed E-state index contributed by atoms with van der Waals surface area (Å²) in [6, 6.07) is 0.318. The number of nitrogens with one attached hydrogen (secondary N) is 2. The predicted octanol–water partition coefficient (Wildman–Crippen LogP) is 0.540. The lowest BCUT2D eigenvalue weighted by atomic mass is 9.90. The van der Waals surface area contributed by atoms with Gasteiger partial charge in [0.2, 0.25) is 5.91 Å². The molecule has 1 aliphatic carbocycles. The third-order valence-corrected chi connectivity index (χ3v) is 4.28. The molecule has 1 spiro atoms. The summed E-state index contributed by atoms with van der Waals surface area (Å²) in [5.74, 6) is -0.158. The minimum atomic E-state index is -0.327. The van der Waals surface area contributed by atoms with Crippen LogP contribution in [0.2, 0.25) is 0 Å². The fourth-order valence-corrected chi connectivity index (χ4v) is 3.20. The van der Waals surface area contributed by atoms with Crippen LogP contribution in [-0.2, 0) is 14.3 Å². The van der Waals surface area contributed by atoms with Crippen molar-refractivity contribution in [3.8, 4) is 0 Å². The molecule has 3 aliphatic rings. The van der Waals surface area contributed by atoms with Gasteiger partial charge in [0.15, 0.2) is 5.79 Å². The van der Waals surface area contributed by atoms with Crippen LogP contribution >= 0.6 is 0 Å². The van der Waals surface area contributed by atoms with E-state index in [1.807, 2.05) is 0 Å². The quantitative estimate of drug-likeness (QED) is 0.755. The van der Waals surface area contributed by atoms with Crippen molar-refractivity contribution < 1.29 is 14.3 Å². The Labute approximate surface area is 108 Å². The molecular weight excluding hydrogens is 232 g/mol. The van der Waals surface area contributed by atoms with Gasteiger partial charge in [-0.05, 0) is 32.2 Å². The van der Waals surface area contributed by atoms with E-state index in [-0.39, 0.29) is 17.7 Å². The van der Waals surface area contributed by atoms with Gasteiger partial charge in [0.25, 0.3) is 0 Å². The molecule has 3 fully saturated rings. The van der Waals surface area contributed by atoms with Gasteiger partial charge in [-0.15, -0.1) is 0 Å². The predicted molar refractivity (Wildman–Crippen MR) is 66.1 cm³/mol. The van der Waals surface area contributed by atoms with Gasteiger partial charge in [0.1, 0.15) is 0 Å². The van der Waals surface area contributed by atoms with E-state index in [0.717, 1.165) is 45.1 Å². The van der Waals surface area contributed by atoms with Gasteiger partial charge >= 0.3 is 0 Å². The first-order chi connectivity index (χ1) is 8.77. The largest absolute Gasteiger partial charge is 0.352 e. The molecule has 1 amide bonds. The first kappa shape index (κ1) is 12.4. The Kier molecular flexibility index (Phi) is 3.54. The maximum atomic E-state index is 12.0. The molecule has 0 aromatic carbocycles. The van der Waals surface area contributed by atoms with Crippen LogP contribution in [0.15, 0.2) is 0 Å². The molecule has 0 bridgehead atoms. The molecule has 102 valence electrons. The van der Waals surface area contributed by atoms with Crippen LogP contribution in [0, 0.1) is 0 Å². The van der Waals surface area contributed by atoms with Crippen molar-refractivity contribution in [2.24, 2.45) is 0 Å². The Balaban J connectivity index is 1.46. The highest BCUT2D eigenvalue weighted by Crippen LogP contribution is 2.35. The van der Waals surface area contributed by atoms with Crippen LogP contribution in [0.25, 0.3) is 0 Å². The number of ether oxygens (including phenoxy) is 2. The number of hydrogen-bond acceptors (Lipinski definition) is 4. The SMILES string of the molecule is O=C(NC1CCC2(CC1)OCCO2)C1CCCN1. The van der Waals surface area contributed by atoms with Gasteiger partial charge in [-0.3, -0.25) is 4.79 Å². The first-order valence-electron chi connectivity index (χ1n) is 7.09. The minimum absolute atomic E-state index is 0.0277. The van der Waals surface area contributed by atoms with Gasteiger partial charge in [-0.2, -0.15) is 0 Å². The van der Waals surface area contributed by atoms with Crippen LogP contribution < -0.4 is 10.6 Å².